The Morgan fingerprint density at radius 1 is 0.771 bits per heavy atom. The number of Topliss-reactive ketones (excluding diaryl/α,β-unsaturated/α-hetero) is 1. The first kappa shape index (κ1) is 24.4. The zero-order valence-corrected chi connectivity index (χ0v) is 19.5. The monoisotopic (exact) mass is 493 g/mol. The van der Waals surface area contributed by atoms with Crippen LogP contribution in [0.1, 0.15) is 17.5 Å². The molecule has 0 saturated carbocycles. The van der Waals surface area contributed by atoms with Gasteiger partial charge in [-0.15, -0.1) is 0 Å². The van der Waals surface area contributed by atoms with Crippen LogP contribution in [0.4, 0.5) is 18.9 Å². The Morgan fingerprint density at radius 3 is 2.17 bits per heavy atom. The highest BCUT2D eigenvalue weighted by Crippen LogP contribution is 2.27. The van der Waals surface area contributed by atoms with E-state index in [0.717, 1.165) is 22.8 Å². The molecule has 1 unspecified atom stereocenters. The molecule has 0 saturated heterocycles. The van der Waals surface area contributed by atoms with Crippen molar-refractivity contribution in [2.24, 2.45) is 0 Å². The van der Waals surface area contributed by atoms with Gasteiger partial charge in [0.05, 0.1) is 4.90 Å². The number of hydrogen-bond acceptors (Lipinski definition) is 2. The summed E-state index contributed by atoms with van der Waals surface area (Å²) in [6.45, 7) is 0. The van der Waals surface area contributed by atoms with Gasteiger partial charge >= 0.3 is 0 Å². The average molecular weight is 494 g/mol. The van der Waals surface area contributed by atoms with Crippen LogP contribution in [0, 0.1) is 17.5 Å². The quantitative estimate of drug-likeness (QED) is 0.265. The predicted octanol–water partition coefficient (Wildman–Crippen LogP) is 6.65. The largest absolute Gasteiger partial charge is 0.301 e. The molecule has 0 aliphatic carbocycles. The molecule has 4 aromatic rings. The summed E-state index contributed by atoms with van der Waals surface area (Å²) in [5.74, 6) is -3.42. The minimum atomic E-state index is -1.50. The normalized spacial score (nSPS) is 11.7. The lowest BCUT2D eigenvalue weighted by atomic mass is 10.0. The summed E-state index contributed by atoms with van der Waals surface area (Å²) >= 11 is 0. The lowest BCUT2D eigenvalue weighted by Gasteiger charge is -2.11. The third kappa shape index (κ3) is 6.25. The molecule has 4 aromatic carbocycles. The molecule has 0 radical (unpaired) electrons. The molecule has 4 rings (SSSR count). The number of halogens is 3. The van der Waals surface area contributed by atoms with Crippen molar-refractivity contribution in [3.8, 4) is 11.1 Å². The molecule has 7 heteroatoms. The van der Waals surface area contributed by atoms with E-state index in [1.165, 1.54) is 0 Å². The van der Waals surface area contributed by atoms with E-state index in [1.54, 1.807) is 24.3 Å². The van der Waals surface area contributed by atoms with Crippen molar-refractivity contribution < 1.29 is 22.2 Å². The molecule has 178 valence electrons. The van der Waals surface area contributed by atoms with Crippen LogP contribution in [0.2, 0.25) is 0 Å². The lowest BCUT2D eigenvalue weighted by molar-refractivity contribution is -0.118. The number of anilines is 1. The Labute approximate surface area is 204 Å². The Bertz CT molecular complexity index is 1360. The van der Waals surface area contributed by atoms with Crippen molar-refractivity contribution in [2.45, 2.75) is 24.2 Å². The Morgan fingerprint density at radius 2 is 1.43 bits per heavy atom. The number of aryl methyl sites for hydroxylation is 1. The molecular weight excluding hydrogens is 471 g/mol. The van der Waals surface area contributed by atoms with Crippen LogP contribution in [0.25, 0.3) is 11.1 Å². The minimum absolute atomic E-state index is 0.00226. The van der Waals surface area contributed by atoms with Gasteiger partial charge in [0.15, 0.2) is 22.6 Å². The van der Waals surface area contributed by atoms with Gasteiger partial charge in [0.1, 0.15) is 11.6 Å². The molecule has 0 aliphatic rings. The number of carbonyl (C=O) groups is 1. The van der Waals surface area contributed by atoms with Gasteiger partial charge in [-0.3, -0.25) is 4.79 Å². The van der Waals surface area contributed by atoms with E-state index in [1.807, 2.05) is 54.6 Å². The Kier molecular flexibility index (Phi) is 7.77. The lowest BCUT2D eigenvalue weighted by Crippen LogP contribution is -2.07. The zero-order chi connectivity index (χ0) is 24.8. The van der Waals surface area contributed by atoms with E-state index in [4.69, 9.17) is 0 Å². The maximum absolute atomic E-state index is 13.8. The van der Waals surface area contributed by atoms with Gasteiger partial charge in [0.25, 0.3) is 0 Å². The summed E-state index contributed by atoms with van der Waals surface area (Å²) in [5, 5.41) is 0. The molecule has 0 fully saturated rings. The molecule has 0 spiro atoms. The van der Waals surface area contributed by atoms with Crippen LogP contribution in [0.3, 0.4) is 0 Å². The topological polar surface area (TPSA) is 46.2 Å². The van der Waals surface area contributed by atoms with Crippen molar-refractivity contribution in [2.75, 3.05) is 4.72 Å². The van der Waals surface area contributed by atoms with Crippen molar-refractivity contribution >= 4 is 22.5 Å². The van der Waals surface area contributed by atoms with Crippen molar-refractivity contribution in [3.63, 3.8) is 0 Å². The van der Waals surface area contributed by atoms with Gasteiger partial charge in [0, 0.05) is 24.6 Å². The van der Waals surface area contributed by atoms with E-state index in [0.29, 0.717) is 16.6 Å². The molecule has 3 nitrogen and oxygen atoms in total. The fraction of sp³-hybridized carbons (Fsp3) is 0.107. The molecule has 0 heterocycles. The van der Waals surface area contributed by atoms with Crippen molar-refractivity contribution in [1.82, 2.24) is 0 Å². The highest BCUT2D eigenvalue weighted by atomic mass is 32.2. The molecule has 35 heavy (non-hydrogen) atoms. The predicted molar refractivity (Wildman–Crippen MR) is 132 cm³/mol. The summed E-state index contributed by atoms with van der Waals surface area (Å²) in [6.07, 6.45) is 0.106. The van der Waals surface area contributed by atoms with Gasteiger partial charge in [-0.05, 0) is 52.9 Å². The second kappa shape index (κ2) is 11.1. The summed E-state index contributed by atoms with van der Waals surface area (Å²) < 4.78 is 56.1. The summed E-state index contributed by atoms with van der Waals surface area (Å²) in [6, 6.07) is 25.4. The Balaban J connectivity index is 1.36. The first-order chi connectivity index (χ1) is 16.9. The fourth-order valence-corrected chi connectivity index (χ4v) is 4.73. The van der Waals surface area contributed by atoms with Gasteiger partial charge < -0.3 is 4.72 Å². The van der Waals surface area contributed by atoms with Crippen molar-refractivity contribution in [3.05, 3.63) is 120 Å². The number of carbonyl (C=O) groups excluding carboxylic acids is 1. The van der Waals surface area contributed by atoms with E-state index in [9.17, 15) is 22.2 Å². The van der Waals surface area contributed by atoms with Crippen LogP contribution in [-0.2, 0) is 28.6 Å². The standard InChI is InChI=1S/C28H22F3NO2S/c29-25-18-27(31)26(30)17-21(25)12-15-23(33)16-19-10-13-22(14-11-19)32-35(34)28-9-5-4-8-24(28)20-6-2-1-3-7-20/h1-11,13-14,17-18,32H,12,15-16H2. The second-order valence-electron chi connectivity index (χ2n) is 8.00. The molecule has 0 bridgehead atoms. The minimum Gasteiger partial charge on any atom is -0.301 e. The van der Waals surface area contributed by atoms with E-state index >= 15 is 0 Å². The van der Waals surface area contributed by atoms with Gasteiger partial charge in [-0.25, -0.2) is 17.4 Å². The third-order valence-electron chi connectivity index (χ3n) is 5.50. The van der Waals surface area contributed by atoms with Gasteiger partial charge in [-0.2, -0.15) is 0 Å². The van der Waals surface area contributed by atoms with Crippen LogP contribution >= 0.6 is 0 Å². The van der Waals surface area contributed by atoms with Crippen molar-refractivity contribution in [1.29, 1.82) is 0 Å². The third-order valence-corrected chi connectivity index (χ3v) is 6.68. The smallest absolute Gasteiger partial charge is 0.161 e. The highest BCUT2D eigenvalue weighted by Gasteiger charge is 2.13. The molecule has 1 N–H and O–H groups in total. The number of benzene rings is 4. The average Bonchev–Trinajstić information content (AvgIpc) is 2.87. The SMILES string of the molecule is O=C(CCc1cc(F)c(F)cc1F)Cc1ccc(NS(=O)c2ccccc2-c2ccccc2)cc1. The summed E-state index contributed by atoms with van der Waals surface area (Å²) in [5.41, 5.74) is 3.18. The van der Waals surface area contributed by atoms with E-state index in [2.05, 4.69) is 4.72 Å². The first-order valence-electron chi connectivity index (χ1n) is 11.0. The maximum Gasteiger partial charge on any atom is 0.161 e. The van der Waals surface area contributed by atoms with Gasteiger partial charge in [-0.1, -0.05) is 60.7 Å². The zero-order valence-electron chi connectivity index (χ0n) is 18.6. The second-order valence-corrected chi connectivity index (χ2v) is 9.18. The molecule has 0 aliphatic heterocycles. The molecular formula is C28H22F3NO2S. The Hall–Kier alpha value is -3.71. The number of hydrogen-bond donors (Lipinski definition) is 1. The van der Waals surface area contributed by atoms with Crippen LogP contribution in [0.15, 0.2) is 95.9 Å². The number of ketones is 1. The fourth-order valence-electron chi connectivity index (χ4n) is 3.68. The van der Waals surface area contributed by atoms with Gasteiger partial charge in [0.2, 0.25) is 0 Å². The van der Waals surface area contributed by atoms with Crippen LogP contribution in [-0.4, -0.2) is 9.99 Å². The molecule has 0 aromatic heterocycles. The van der Waals surface area contributed by atoms with Crippen LogP contribution < -0.4 is 4.72 Å². The van der Waals surface area contributed by atoms with E-state index < -0.39 is 28.4 Å². The first-order valence-corrected chi connectivity index (χ1v) is 12.1. The maximum atomic E-state index is 13.8. The number of nitrogens with one attached hydrogen (secondary N) is 1. The number of rotatable bonds is 9. The highest BCUT2D eigenvalue weighted by molar-refractivity contribution is 7.86. The summed E-state index contributed by atoms with van der Waals surface area (Å²) in [4.78, 5) is 13.0. The summed E-state index contributed by atoms with van der Waals surface area (Å²) in [7, 11) is -1.50. The molecule has 0 amide bonds. The molecule has 1 atom stereocenters. The van der Waals surface area contributed by atoms with Crippen LogP contribution in [0.5, 0.6) is 0 Å². The van der Waals surface area contributed by atoms with E-state index in [-0.39, 0.29) is 30.6 Å².